The lowest BCUT2D eigenvalue weighted by atomic mass is 9.65. The molecule has 110 valence electrons. The van der Waals surface area contributed by atoms with Crippen LogP contribution in [0.2, 0.25) is 0 Å². The molecule has 4 bridgehead atoms. The van der Waals surface area contributed by atoms with Crippen molar-refractivity contribution in [3.05, 3.63) is 0 Å². The van der Waals surface area contributed by atoms with Crippen molar-refractivity contribution in [2.45, 2.75) is 56.8 Å². The maximum atomic E-state index is 12.2. The van der Waals surface area contributed by atoms with Gasteiger partial charge in [-0.3, -0.25) is 9.59 Å². The Bertz CT molecular complexity index is 413. The highest BCUT2D eigenvalue weighted by Gasteiger charge is 2.52. The average molecular weight is 278 g/mol. The first-order chi connectivity index (χ1) is 9.62. The molecule has 2 amide bonds. The summed E-state index contributed by atoms with van der Waals surface area (Å²) in [5.74, 6) is 1.48. The highest BCUT2D eigenvalue weighted by atomic mass is 16.5. The van der Waals surface area contributed by atoms with E-state index < -0.39 is 5.72 Å². The summed E-state index contributed by atoms with van der Waals surface area (Å²) >= 11 is 0. The van der Waals surface area contributed by atoms with Gasteiger partial charge in [0.25, 0.3) is 0 Å². The second-order valence-corrected chi connectivity index (χ2v) is 7.05. The van der Waals surface area contributed by atoms with Crippen molar-refractivity contribution in [2.75, 3.05) is 13.1 Å². The number of amides is 2. The number of rotatable bonds is 3. The van der Waals surface area contributed by atoms with Gasteiger partial charge in [0.15, 0.2) is 0 Å². The minimum absolute atomic E-state index is 0.0535. The molecule has 0 aromatic heterocycles. The standard InChI is InChI=1S/C15H22N2O3/c18-13(9-17-3-1-2-14(17)19)16-15-7-10-4-11(8-15)6-12(5-10)20-15/h10-12H,1-9H2,(H,16,18)/t10-,11+,12+,15+. The van der Waals surface area contributed by atoms with Crippen LogP contribution in [0.3, 0.4) is 0 Å². The fourth-order valence-electron chi connectivity index (χ4n) is 4.83. The number of likely N-dealkylation sites (tertiary alicyclic amines) is 1. The molecule has 2 aliphatic carbocycles. The van der Waals surface area contributed by atoms with Gasteiger partial charge in [0.1, 0.15) is 5.72 Å². The normalized spacial score (nSPS) is 42.3. The largest absolute Gasteiger partial charge is 0.353 e. The molecule has 5 rings (SSSR count). The number of hydrogen-bond donors (Lipinski definition) is 1. The number of carbonyl (C=O) groups excluding carboxylic acids is 2. The SMILES string of the molecule is O=C(CN1CCCC1=O)N[C@@]12C[C@@H]3C[C@@H](C[C@H](C3)O1)C2. The van der Waals surface area contributed by atoms with E-state index in [1.54, 1.807) is 4.90 Å². The summed E-state index contributed by atoms with van der Waals surface area (Å²) in [6, 6.07) is 0. The van der Waals surface area contributed by atoms with Crippen LogP contribution in [0.15, 0.2) is 0 Å². The summed E-state index contributed by atoms with van der Waals surface area (Å²) < 4.78 is 6.14. The topological polar surface area (TPSA) is 58.6 Å². The predicted octanol–water partition coefficient (Wildman–Crippen LogP) is 1.03. The third-order valence-electron chi connectivity index (χ3n) is 5.36. The number of nitrogens with zero attached hydrogens (tertiary/aromatic N) is 1. The molecular weight excluding hydrogens is 256 g/mol. The molecule has 2 saturated carbocycles. The second kappa shape index (κ2) is 4.45. The maximum Gasteiger partial charge on any atom is 0.241 e. The quantitative estimate of drug-likeness (QED) is 0.839. The molecule has 3 saturated heterocycles. The number of nitrogens with one attached hydrogen (secondary N) is 1. The van der Waals surface area contributed by atoms with Gasteiger partial charge in [-0.1, -0.05) is 0 Å². The van der Waals surface area contributed by atoms with Crippen molar-refractivity contribution in [3.63, 3.8) is 0 Å². The smallest absolute Gasteiger partial charge is 0.241 e. The fraction of sp³-hybridized carbons (Fsp3) is 0.867. The monoisotopic (exact) mass is 278 g/mol. The van der Waals surface area contributed by atoms with Crippen molar-refractivity contribution in [1.29, 1.82) is 0 Å². The summed E-state index contributed by atoms with van der Waals surface area (Å²) in [6.07, 6.45) is 7.36. The third-order valence-corrected chi connectivity index (χ3v) is 5.36. The molecule has 20 heavy (non-hydrogen) atoms. The van der Waals surface area contributed by atoms with Crippen LogP contribution in [-0.2, 0) is 14.3 Å². The summed E-state index contributed by atoms with van der Waals surface area (Å²) in [5.41, 5.74) is -0.422. The Morgan fingerprint density at radius 3 is 2.65 bits per heavy atom. The highest BCUT2D eigenvalue weighted by Crippen LogP contribution is 2.51. The maximum absolute atomic E-state index is 12.2. The fourth-order valence-corrected chi connectivity index (χ4v) is 4.83. The zero-order valence-corrected chi connectivity index (χ0v) is 11.8. The van der Waals surface area contributed by atoms with Crippen LogP contribution in [0, 0.1) is 11.8 Å². The summed E-state index contributed by atoms with van der Waals surface area (Å²) in [5, 5.41) is 3.12. The molecule has 0 unspecified atom stereocenters. The average Bonchev–Trinajstić information content (AvgIpc) is 2.72. The lowest BCUT2D eigenvalue weighted by molar-refractivity contribution is -0.233. The first-order valence-corrected chi connectivity index (χ1v) is 7.88. The van der Waals surface area contributed by atoms with E-state index in [1.165, 1.54) is 19.3 Å². The van der Waals surface area contributed by atoms with Crippen LogP contribution < -0.4 is 5.32 Å². The van der Waals surface area contributed by atoms with E-state index in [9.17, 15) is 9.59 Å². The van der Waals surface area contributed by atoms with Crippen LogP contribution in [-0.4, -0.2) is 41.6 Å². The van der Waals surface area contributed by atoms with Gasteiger partial charge >= 0.3 is 0 Å². The molecule has 0 radical (unpaired) electrons. The Hall–Kier alpha value is -1.10. The summed E-state index contributed by atoms with van der Waals surface area (Å²) in [7, 11) is 0. The molecule has 5 aliphatic rings. The van der Waals surface area contributed by atoms with E-state index in [2.05, 4.69) is 5.32 Å². The van der Waals surface area contributed by atoms with Gasteiger partial charge in [0.05, 0.1) is 12.6 Å². The molecular formula is C15H22N2O3. The second-order valence-electron chi connectivity index (χ2n) is 7.05. The van der Waals surface area contributed by atoms with Crippen LogP contribution in [0.4, 0.5) is 0 Å². The molecule has 5 nitrogen and oxygen atoms in total. The minimum atomic E-state index is -0.422. The van der Waals surface area contributed by atoms with E-state index in [-0.39, 0.29) is 18.4 Å². The molecule has 5 heteroatoms. The Kier molecular flexibility index (Phi) is 2.81. The Labute approximate surface area is 119 Å². The van der Waals surface area contributed by atoms with Crippen molar-refractivity contribution in [2.24, 2.45) is 11.8 Å². The molecule has 3 aliphatic heterocycles. The van der Waals surface area contributed by atoms with E-state index in [0.29, 0.717) is 19.1 Å². The number of hydrogen-bond acceptors (Lipinski definition) is 3. The van der Waals surface area contributed by atoms with Crippen LogP contribution >= 0.6 is 0 Å². The van der Waals surface area contributed by atoms with Crippen molar-refractivity contribution in [1.82, 2.24) is 10.2 Å². The van der Waals surface area contributed by atoms with E-state index in [0.717, 1.165) is 31.1 Å². The molecule has 0 aromatic carbocycles. The Balaban J connectivity index is 1.41. The van der Waals surface area contributed by atoms with Gasteiger partial charge in [-0.2, -0.15) is 0 Å². The van der Waals surface area contributed by atoms with Crippen LogP contribution in [0.1, 0.15) is 44.9 Å². The number of ether oxygens (including phenoxy) is 1. The lowest BCUT2D eigenvalue weighted by Gasteiger charge is -2.56. The van der Waals surface area contributed by atoms with Crippen LogP contribution in [0.5, 0.6) is 0 Å². The van der Waals surface area contributed by atoms with Crippen molar-refractivity contribution in [3.8, 4) is 0 Å². The third kappa shape index (κ3) is 2.12. The first kappa shape index (κ1) is 12.6. The molecule has 4 atom stereocenters. The molecule has 3 heterocycles. The van der Waals surface area contributed by atoms with Gasteiger partial charge in [0.2, 0.25) is 11.8 Å². The van der Waals surface area contributed by atoms with E-state index >= 15 is 0 Å². The lowest BCUT2D eigenvalue weighted by Crippen LogP contribution is -2.64. The van der Waals surface area contributed by atoms with E-state index in [4.69, 9.17) is 4.74 Å². The molecule has 1 N–H and O–H groups in total. The van der Waals surface area contributed by atoms with Crippen LogP contribution in [0.25, 0.3) is 0 Å². The molecule has 5 fully saturated rings. The zero-order chi connectivity index (χ0) is 13.7. The van der Waals surface area contributed by atoms with Crippen molar-refractivity contribution >= 4 is 11.8 Å². The molecule has 0 aromatic rings. The highest BCUT2D eigenvalue weighted by molar-refractivity contribution is 5.86. The number of carbonyl (C=O) groups is 2. The van der Waals surface area contributed by atoms with Gasteiger partial charge in [-0.05, 0) is 50.4 Å². The summed E-state index contributed by atoms with van der Waals surface area (Å²) in [4.78, 5) is 25.5. The van der Waals surface area contributed by atoms with Gasteiger partial charge in [0, 0.05) is 13.0 Å². The molecule has 0 spiro atoms. The van der Waals surface area contributed by atoms with E-state index in [1.807, 2.05) is 0 Å². The summed E-state index contributed by atoms with van der Waals surface area (Å²) in [6.45, 7) is 0.915. The van der Waals surface area contributed by atoms with Gasteiger partial charge in [-0.15, -0.1) is 0 Å². The Morgan fingerprint density at radius 1 is 1.30 bits per heavy atom. The van der Waals surface area contributed by atoms with Crippen molar-refractivity contribution < 1.29 is 14.3 Å². The van der Waals surface area contributed by atoms with Gasteiger partial charge < -0.3 is 15.0 Å². The Morgan fingerprint density at radius 2 is 2.05 bits per heavy atom. The minimum Gasteiger partial charge on any atom is -0.353 e. The predicted molar refractivity (Wildman–Crippen MR) is 71.6 cm³/mol. The van der Waals surface area contributed by atoms with Gasteiger partial charge in [-0.25, -0.2) is 0 Å². The first-order valence-electron chi connectivity index (χ1n) is 7.88. The zero-order valence-electron chi connectivity index (χ0n) is 11.8.